The molecule has 1 atom stereocenters. The fraction of sp³-hybridized carbons (Fsp3) is 0.429. The quantitative estimate of drug-likeness (QED) is 0.793. The zero-order valence-electron chi connectivity index (χ0n) is 10.8. The van der Waals surface area contributed by atoms with Gasteiger partial charge in [0, 0.05) is 24.2 Å². The van der Waals surface area contributed by atoms with Crippen LogP contribution in [0.3, 0.4) is 0 Å². The molecule has 0 aliphatic carbocycles. The third-order valence-electron chi connectivity index (χ3n) is 3.16. The maximum atomic E-state index is 4.35. The van der Waals surface area contributed by atoms with E-state index in [9.17, 15) is 0 Å². The summed E-state index contributed by atoms with van der Waals surface area (Å²) in [5.74, 6) is 1.50. The molecule has 0 N–H and O–H groups in total. The standard InChI is InChI=1S/C14H18BrN3/c1-3-18-14(16-10-17-18)8-13(9-15)12-6-4-11(2)5-7-12/h4-7,10,13H,3,8-9H2,1-2H3. The van der Waals surface area contributed by atoms with E-state index in [0.717, 1.165) is 24.1 Å². The monoisotopic (exact) mass is 307 g/mol. The fourth-order valence-corrected chi connectivity index (χ4v) is 2.63. The summed E-state index contributed by atoms with van der Waals surface area (Å²) in [4.78, 5) is 4.35. The number of nitrogens with zero attached hydrogens (tertiary/aromatic N) is 3. The van der Waals surface area contributed by atoms with Gasteiger partial charge in [0.1, 0.15) is 12.2 Å². The normalized spacial score (nSPS) is 12.6. The van der Waals surface area contributed by atoms with Crippen LogP contribution in [0.15, 0.2) is 30.6 Å². The molecule has 2 rings (SSSR count). The molecular weight excluding hydrogens is 290 g/mol. The van der Waals surface area contributed by atoms with Crippen molar-refractivity contribution in [3.05, 3.63) is 47.5 Å². The Morgan fingerprint density at radius 3 is 2.61 bits per heavy atom. The van der Waals surface area contributed by atoms with Crippen LogP contribution in [0.4, 0.5) is 0 Å². The summed E-state index contributed by atoms with van der Waals surface area (Å²) in [6, 6.07) is 8.73. The van der Waals surface area contributed by atoms with Crippen molar-refractivity contribution >= 4 is 15.9 Å². The molecule has 18 heavy (non-hydrogen) atoms. The van der Waals surface area contributed by atoms with E-state index < -0.39 is 0 Å². The Kier molecular flexibility index (Phi) is 4.53. The first-order chi connectivity index (χ1) is 8.74. The lowest BCUT2D eigenvalue weighted by Gasteiger charge is -2.14. The summed E-state index contributed by atoms with van der Waals surface area (Å²) >= 11 is 3.61. The number of hydrogen-bond donors (Lipinski definition) is 0. The topological polar surface area (TPSA) is 30.7 Å². The third kappa shape index (κ3) is 2.99. The lowest BCUT2D eigenvalue weighted by molar-refractivity contribution is 0.592. The molecule has 1 heterocycles. The maximum Gasteiger partial charge on any atom is 0.138 e. The zero-order chi connectivity index (χ0) is 13.0. The Bertz CT molecular complexity index is 490. The minimum Gasteiger partial charge on any atom is -0.250 e. The molecule has 0 aliphatic heterocycles. The number of benzene rings is 1. The molecule has 0 spiro atoms. The number of aromatic nitrogens is 3. The van der Waals surface area contributed by atoms with Crippen LogP contribution in [0, 0.1) is 6.92 Å². The summed E-state index contributed by atoms with van der Waals surface area (Å²) < 4.78 is 1.96. The molecule has 4 heteroatoms. The minimum atomic E-state index is 0.445. The van der Waals surface area contributed by atoms with Crippen molar-refractivity contribution in [2.24, 2.45) is 0 Å². The van der Waals surface area contributed by atoms with Crippen LogP contribution in [0.25, 0.3) is 0 Å². The van der Waals surface area contributed by atoms with E-state index in [2.05, 4.69) is 64.1 Å². The smallest absolute Gasteiger partial charge is 0.138 e. The van der Waals surface area contributed by atoms with Gasteiger partial charge in [-0.3, -0.25) is 4.68 Å². The molecule has 1 aromatic carbocycles. The predicted molar refractivity (Wildman–Crippen MR) is 77.1 cm³/mol. The highest BCUT2D eigenvalue weighted by molar-refractivity contribution is 9.09. The first kappa shape index (κ1) is 13.3. The van der Waals surface area contributed by atoms with Gasteiger partial charge in [0.15, 0.2) is 0 Å². The number of rotatable bonds is 5. The first-order valence-corrected chi connectivity index (χ1v) is 7.36. The Balaban J connectivity index is 2.17. The van der Waals surface area contributed by atoms with E-state index in [1.54, 1.807) is 6.33 Å². The minimum absolute atomic E-state index is 0.445. The van der Waals surface area contributed by atoms with Gasteiger partial charge >= 0.3 is 0 Å². The van der Waals surface area contributed by atoms with Gasteiger partial charge in [0.05, 0.1) is 0 Å². The van der Waals surface area contributed by atoms with Crippen LogP contribution in [-0.4, -0.2) is 20.1 Å². The van der Waals surface area contributed by atoms with E-state index in [4.69, 9.17) is 0 Å². The Hall–Kier alpha value is -1.16. The van der Waals surface area contributed by atoms with Crippen molar-refractivity contribution in [1.82, 2.24) is 14.8 Å². The lowest BCUT2D eigenvalue weighted by atomic mass is 9.96. The summed E-state index contributed by atoms with van der Waals surface area (Å²) in [6.45, 7) is 5.08. The molecule has 0 bridgehead atoms. The molecule has 0 saturated carbocycles. The second-order valence-corrected chi connectivity index (χ2v) is 5.11. The lowest BCUT2D eigenvalue weighted by Crippen LogP contribution is -2.11. The van der Waals surface area contributed by atoms with Crippen molar-refractivity contribution in [2.75, 3.05) is 5.33 Å². The van der Waals surface area contributed by atoms with Crippen molar-refractivity contribution in [1.29, 1.82) is 0 Å². The molecule has 96 valence electrons. The number of alkyl halides is 1. The van der Waals surface area contributed by atoms with Crippen LogP contribution in [0.2, 0.25) is 0 Å². The zero-order valence-corrected chi connectivity index (χ0v) is 12.4. The van der Waals surface area contributed by atoms with Crippen molar-refractivity contribution in [3.63, 3.8) is 0 Å². The molecule has 1 aromatic heterocycles. The predicted octanol–water partition coefficient (Wildman–Crippen LogP) is 3.33. The van der Waals surface area contributed by atoms with Gasteiger partial charge in [-0.05, 0) is 19.4 Å². The molecule has 2 aromatic rings. The fourth-order valence-electron chi connectivity index (χ4n) is 2.03. The van der Waals surface area contributed by atoms with Gasteiger partial charge in [0.2, 0.25) is 0 Å². The SMILES string of the molecule is CCn1ncnc1CC(CBr)c1ccc(C)cc1. The second-order valence-electron chi connectivity index (χ2n) is 4.46. The van der Waals surface area contributed by atoms with E-state index in [1.807, 2.05) is 4.68 Å². The number of hydrogen-bond acceptors (Lipinski definition) is 2. The van der Waals surface area contributed by atoms with Gasteiger partial charge in [0.25, 0.3) is 0 Å². The van der Waals surface area contributed by atoms with Crippen LogP contribution in [-0.2, 0) is 13.0 Å². The highest BCUT2D eigenvalue weighted by atomic mass is 79.9. The van der Waals surface area contributed by atoms with Crippen LogP contribution < -0.4 is 0 Å². The molecule has 0 radical (unpaired) electrons. The largest absolute Gasteiger partial charge is 0.250 e. The van der Waals surface area contributed by atoms with Gasteiger partial charge in [-0.25, -0.2) is 4.98 Å². The van der Waals surface area contributed by atoms with Gasteiger partial charge < -0.3 is 0 Å². The van der Waals surface area contributed by atoms with E-state index in [1.165, 1.54) is 11.1 Å². The van der Waals surface area contributed by atoms with E-state index in [-0.39, 0.29) is 0 Å². The van der Waals surface area contributed by atoms with Crippen molar-refractivity contribution < 1.29 is 0 Å². The van der Waals surface area contributed by atoms with Gasteiger partial charge in [-0.15, -0.1) is 0 Å². The summed E-state index contributed by atoms with van der Waals surface area (Å²) in [6.07, 6.45) is 2.56. The van der Waals surface area contributed by atoms with E-state index >= 15 is 0 Å². The number of aryl methyl sites for hydroxylation is 2. The van der Waals surface area contributed by atoms with Crippen molar-refractivity contribution in [2.45, 2.75) is 32.7 Å². The highest BCUT2D eigenvalue weighted by Crippen LogP contribution is 2.22. The average Bonchev–Trinajstić information content (AvgIpc) is 2.84. The van der Waals surface area contributed by atoms with E-state index in [0.29, 0.717) is 5.92 Å². The summed E-state index contributed by atoms with van der Waals surface area (Å²) in [7, 11) is 0. The maximum absolute atomic E-state index is 4.35. The van der Waals surface area contributed by atoms with Crippen molar-refractivity contribution in [3.8, 4) is 0 Å². The second kappa shape index (κ2) is 6.14. The van der Waals surface area contributed by atoms with Crippen LogP contribution >= 0.6 is 15.9 Å². The molecular formula is C14H18BrN3. The Labute approximate surface area is 116 Å². The van der Waals surface area contributed by atoms with Crippen LogP contribution in [0.5, 0.6) is 0 Å². The average molecular weight is 308 g/mol. The van der Waals surface area contributed by atoms with Gasteiger partial charge in [-0.1, -0.05) is 45.8 Å². The Morgan fingerprint density at radius 2 is 2.00 bits per heavy atom. The third-order valence-corrected chi connectivity index (χ3v) is 3.94. The first-order valence-electron chi connectivity index (χ1n) is 6.23. The number of halogens is 1. The van der Waals surface area contributed by atoms with Gasteiger partial charge in [-0.2, -0.15) is 5.10 Å². The molecule has 3 nitrogen and oxygen atoms in total. The highest BCUT2D eigenvalue weighted by Gasteiger charge is 2.14. The molecule has 0 fully saturated rings. The Morgan fingerprint density at radius 1 is 1.28 bits per heavy atom. The summed E-state index contributed by atoms with van der Waals surface area (Å²) in [5.41, 5.74) is 2.65. The molecule has 1 unspecified atom stereocenters. The molecule has 0 saturated heterocycles. The molecule has 0 aliphatic rings. The summed E-state index contributed by atoms with van der Waals surface area (Å²) in [5, 5.41) is 5.16. The molecule has 0 amide bonds. The van der Waals surface area contributed by atoms with Crippen LogP contribution in [0.1, 0.15) is 29.8 Å².